The summed E-state index contributed by atoms with van der Waals surface area (Å²) in [4.78, 5) is 4.10. The Hall–Kier alpha value is -3.54. The summed E-state index contributed by atoms with van der Waals surface area (Å²) in [5.41, 5.74) is 3.44. The van der Waals surface area contributed by atoms with Crippen LogP contribution in [0.3, 0.4) is 0 Å². The fourth-order valence-corrected chi connectivity index (χ4v) is 4.86. The highest BCUT2D eigenvalue weighted by Crippen LogP contribution is 2.33. The van der Waals surface area contributed by atoms with Gasteiger partial charge in [0.25, 0.3) is 0 Å². The molecule has 0 spiro atoms. The normalized spacial score (nSPS) is 12.6. The molecule has 4 aromatic rings. The smallest absolute Gasteiger partial charge is 0.238 e. The molecule has 0 radical (unpaired) electrons. The van der Waals surface area contributed by atoms with Crippen LogP contribution < -0.4 is 5.14 Å². The first-order valence-corrected chi connectivity index (χ1v) is 11.6. The number of nitriles is 1. The number of sulfonamides is 1. The van der Waals surface area contributed by atoms with E-state index in [0.717, 1.165) is 11.1 Å². The Morgan fingerprint density at radius 2 is 1.88 bits per heavy atom. The molecule has 2 aromatic heterocycles. The second-order valence-electron chi connectivity index (χ2n) is 7.61. The summed E-state index contributed by atoms with van der Waals surface area (Å²) >= 11 is 0. The van der Waals surface area contributed by atoms with E-state index in [0.29, 0.717) is 35.0 Å². The van der Waals surface area contributed by atoms with Gasteiger partial charge in [0.2, 0.25) is 10.0 Å². The fraction of sp³-hybridized carbons (Fsp3) is 0.167. The maximum absolute atomic E-state index is 13.7. The first kappa shape index (κ1) is 21.7. The number of nitrogens with two attached hydrogens (primary N) is 1. The Bertz CT molecular complexity index is 1440. The van der Waals surface area contributed by atoms with E-state index in [2.05, 4.69) is 11.1 Å². The third-order valence-electron chi connectivity index (χ3n) is 5.64. The van der Waals surface area contributed by atoms with Crippen molar-refractivity contribution in [1.82, 2.24) is 9.55 Å². The maximum atomic E-state index is 13.7. The van der Waals surface area contributed by atoms with Crippen molar-refractivity contribution < 1.29 is 12.8 Å². The molecular weight excluding hydrogens is 427 g/mol. The highest BCUT2D eigenvalue weighted by Gasteiger charge is 2.23. The number of hydrogen-bond acceptors (Lipinski definition) is 4. The van der Waals surface area contributed by atoms with Crippen molar-refractivity contribution in [3.63, 3.8) is 0 Å². The standard InChI is InChI=1S/C24H21FN4O2S/c1-2-16(14-29-15-19(13-26)21-12-20(25)4-5-23(21)29)22-11-18(17-7-9-28-10-8-17)3-6-24(22)32(27,30)31/h3-12,15-16H,2,14H2,1H3,(H2,27,30,31)/t16-/m1/s1. The molecular formula is C24H21FN4O2S. The van der Waals surface area contributed by atoms with Gasteiger partial charge in [-0.2, -0.15) is 5.26 Å². The van der Waals surface area contributed by atoms with Crippen molar-refractivity contribution >= 4 is 20.9 Å². The van der Waals surface area contributed by atoms with Crippen LogP contribution in [0.4, 0.5) is 4.39 Å². The Morgan fingerprint density at radius 3 is 2.53 bits per heavy atom. The van der Waals surface area contributed by atoms with Crippen molar-refractivity contribution in [2.75, 3.05) is 0 Å². The molecule has 0 aliphatic heterocycles. The number of pyridine rings is 1. The molecule has 0 unspecified atom stereocenters. The predicted octanol–water partition coefficient (Wildman–Crippen LogP) is 4.56. The molecule has 6 nitrogen and oxygen atoms in total. The van der Waals surface area contributed by atoms with Crippen molar-refractivity contribution in [2.45, 2.75) is 30.7 Å². The molecule has 0 bridgehead atoms. The van der Waals surface area contributed by atoms with E-state index in [4.69, 9.17) is 5.14 Å². The monoisotopic (exact) mass is 448 g/mol. The lowest BCUT2D eigenvalue weighted by atomic mass is 9.93. The van der Waals surface area contributed by atoms with E-state index in [9.17, 15) is 18.1 Å². The topological polar surface area (TPSA) is 102 Å². The van der Waals surface area contributed by atoms with E-state index in [1.807, 2.05) is 29.7 Å². The van der Waals surface area contributed by atoms with Crippen LogP contribution in [-0.2, 0) is 16.6 Å². The van der Waals surface area contributed by atoms with Gasteiger partial charge in [-0.05, 0) is 65.6 Å². The van der Waals surface area contributed by atoms with Crippen LogP contribution in [0.1, 0.15) is 30.4 Å². The molecule has 0 amide bonds. The molecule has 32 heavy (non-hydrogen) atoms. The molecule has 0 aliphatic rings. The number of rotatable bonds is 6. The van der Waals surface area contributed by atoms with Gasteiger partial charge in [0, 0.05) is 42.0 Å². The zero-order valence-electron chi connectivity index (χ0n) is 17.4. The SMILES string of the molecule is CC[C@H](Cn1cc(C#N)c2cc(F)ccc21)c1cc(-c2ccncc2)ccc1S(N)(=O)=O. The van der Waals surface area contributed by atoms with Crippen LogP contribution in [0, 0.1) is 17.1 Å². The van der Waals surface area contributed by atoms with Gasteiger partial charge in [-0.25, -0.2) is 17.9 Å². The number of primary sulfonamides is 1. The van der Waals surface area contributed by atoms with Gasteiger partial charge in [-0.15, -0.1) is 0 Å². The molecule has 0 saturated carbocycles. The zero-order chi connectivity index (χ0) is 22.9. The van der Waals surface area contributed by atoms with E-state index >= 15 is 0 Å². The van der Waals surface area contributed by atoms with E-state index in [-0.39, 0.29) is 10.8 Å². The second-order valence-corrected chi connectivity index (χ2v) is 9.14. The summed E-state index contributed by atoms with van der Waals surface area (Å²) in [6.45, 7) is 2.37. The van der Waals surface area contributed by atoms with Crippen LogP contribution in [0.15, 0.2) is 72.0 Å². The van der Waals surface area contributed by atoms with Crippen molar-refractivity contribution in [3.8, 4) is 17.2 Å². The van der Waals surface area contributed by atoms with Gasteiger partial charge in [0.1, 0.15) is 11.9 Å². The highest BCUT2D eigenvalue weighted by molar-refractivity contribution is 7.89. The largest absolute Gasteiger partial charge is 0.345 e. The molecule has 162 valence electrons. The summed E-state index contributed by atoms with van der Waals surface area (Å²) < 4.78 is 40.3. The minimum Gasteiger partial charge on any atom is -0.345 e. The second kappa shape index (κ2) is 8.54. The fourth-order valence-electron chi connectivity index (χ4n) is 4.04. The molecule has 0 saturated heterocycles. The average molecular weight is 449 g/mol. The van der Waals surface area contributed by atoms with Crippen molar-refractivity contribution in [2.24, 2.45) is 5.14 Å². The van der Waals surface area contributed by atoms with E-state index in [1.165, 1.54) is 18.2 Å². The zero-order valence-corrected chi connectivity index (χ0v) is 18.2. The third kappa shape index (κ3) is 4.13. The van der Waals surface area contributed by atoms with Gasteiger partial charge < -0.3 is 4.57 Å². The van der Waals surface area contributed by atoms with Crippen LogP contribution in [0.25, 0.3) is 22.0 Å². The number of halogens is 1. The average Bonchev–Trinajstić information content (AvgIpc) is 3.13. The summed E-state index contributed by atoms with van der Waals surface area (Å²) in [5.74, 6) is -0.627. The van der Waals surface area contributed by atoms with Gasteiger partial charge in [-0.1, -0.05) is 13.0 Å². The molecule has 2 N–H and O–H groups in total. The number of benzene rings is 2. The number of aromatic nitrogens is 2. The number of fused-ring (bicyclic) bond motifs is 1. The first-order valence-electron chi connectivity index (χ1n) is 10.1. The minimum atomic E-state index is -3.95. The van der Waals surface area contributed by atoms with Crippen LogP contribution >= 0.6 is 0 Å². The lowest BCUT2D eigenvalue weighted by Gasteiger charge is -2.21. The molecule has 1 atom stereocenters. The molecule has 8 heteroatoms. The summed E-state index contributed by atoms with van der Waals surface area (Å²) in [6, 6.07) is 15.2. The van der Waals surface area contributed by atoms with Crippen LogP contribution in [-0.4, -0.2) is 18.0 Å². The maximum Gasteiger partial charge on any atom is 0.238 e. The van der Waals surface area contributed by atoms with Crippen molar-refractivity contribution in [3.05, 3.63) is 84.1 Å². The van der Waals surface area contributed by atoms with Gasteiger partial charge in [0.05, 0.1) is 10.5 Å². The molecule has 4 rings (SSSR count). The lowest BCUT2D eigenvalue weighted by Crippen LogP contribution is -2.18. The Kier molecular flexibility index (Phi) is 5.78. The molecule has 2 heterocycles. The first-order chi connectivity index (χ1) is 15.3. The molecule has 0 aliphatic carbocycles. The summed E-state index contributed by atoms with van der Waals surface area (Å²) in [5, 5.41) is 15.5. The summed E-state index contributed by atoms with van der Waals surface area (Å²) in [6.07, 6.45) is 5.66. The quantitative estimate of drug-likeness (QED) is 0.467. The molecule has 0 fully saturated rings. The summed E-state index contributed by atoms with van der Waals surface area (Å²) in [7, 11) is -3.95. The third-order valence-corrected chi connectivity index (χ3v) is 6.63. The highest BCUT2D eigenvalue weighted by atomic mass is 32.2. The lowest BCUT2D eigenvalue weighted by molar-refractivity contribution is 0.544. The number of hydrogen-bond donors (Lipinski definition) is 1. The van der Waals surface area contributed by atoms with Gasteiger partial charge in [0.15, 0.2) is 0 Å². The van der Waals surface area contributed by atoms with Crippen molar-refractivity contribution in [1.29, 1.82) is 5.26 Å². The Balaban J connectivity index is 1.84. The van der Waals surface area contributed by atoms with Gasteiger partial charge >= 0.3 is 0 Å². The minimum absolute atomic E-state index is 0.0742. The molecule has 2 aromatic carbocycles. The van der Waals surface area contributed by atoms with Gasteiger partial charge in [-0.3, -0.25) is 4.98 Å². The van der Waals surface area contributed by atoms with Crippen LogP contribution in [0.5, 0.6) is 0 Å². The van der Waals surface area contributed by atoms with E-state index in [1.54, 1.807) is 30.7 Å². The predicted molar refractivity (Wildman–Crippen MR) is 121 cm³/mol. The Labute approximate surface area is 185 Å². The Morgan fingerprint density at radius 1 is 1.12 bits per heavy atom. The number of nitrogens with zero attached hydrogens (tertiary/aromatic N) is 3. The van der Waals surface area contributed by atoms with E-state index < -0.39 is 15.8 Å². The van der Waals surface area contributed by atoms with Crippen LogP contribution in [0.2, 0.25) is 0 Å².